The summed E-state index contributed by atoms with van der Waals surface area (Å²) in [6.07, 6.45) is 2.20. The Morgan fingerprint density at radius 3 is 2.76 bits per heavy atom. The average Bonchev–Trinajstić information content (AvgIpc) is 2.54. The molecule has 0 radical (unpaired) electrons. The molecule has 1 aromatic heterocycles. The SMILES string of the molecule is COC(=O)c1ccnc(NC(CO)Cc2ccccc2)c1. The van der Waals surface area contributed by atoms with Crippen LogP contribution in [0.3, 0.4) is 0 Å². The summed E-state index contributed by atoms with van der Waals surface area (Å²) in [5.74, 6) is 0.122. The third-order valence-electron chi connectivity index (χ3n) is 3.08. The molecule has 2 aromatic rings. The van der Waals surface area contributed by atoms with Gasteiger partial charge in [-0.2, -0.15) is 0 Å². The first-order chi connectivity index (χ1) is 10.2. The molecular formula is C16H18N2O3. The second kappa shape index (κ2) is 7.40. The smallest absolute Gasteiger partial charge is 0.338 e. The highest BCUT2D eigenvalue weighted by Crippen LogP contribution is 2.11. The third kappa shape index (κ3) is 4.29. The zero-order valence-electron chi connectivity index (χ0n) is 11.8. The standard InChI is InChI=1S/C16H18N2O3/c1-21-16(20)13-7-8-17-15(10-13)18-14(11-19)9-12-5-3-2-4-6-12/h2-8,10,14,19H,9,11H2,1H3,(H,17,18). The van der Waals surface area contributed by atoms with Gasteiger partial charge in [-0.25, -0.2) is 9.78 Å². The molecule has 21 heavy (non-hydrogen) atoms. The fourth-order valence-electron chi connectivity index (χ4n) is 2.02. The molecule has 2 N–H and O–H groups in total. The van der Waals surface area contributed by atoms with Crippen molar-refractivity contribution in [2.24, 2.45) is 0 Å². The molecule has 5 heteroatoms. The number of hydrogen-bond donors (Lipinski definition) is 2. The minimum atomic E-state index is -0.413. The fourth-order valence-corrected chi connectivity index (χ4v) is 2.02. The van der Waals surface area contributed by atoms with Gasteiger partial charge in [-0.05, 0) is 24.1 Å². The Kier molecular flexibility index (Phi) is 5.29. The van der Waals surface area contributed by atoms with Crippen LogP contribution in [0.25, 0.3) is 0 Å². The minimum absolute atomic E-state index is 0.0287. The number of carbonyl (C=O) groups excluding carboxylic acids is 1. The van der Waals surface area contributed by atoms with Gasteiger partial charge >= 0.3 is 5.97 Å². The predicted octanol–water partition coefficient (Wildman–Crippen LogP) is 1.88. The summed E-state index contributed by atoms with van der Waals surface area (Å²) in [5.41, 5.74) is 1.54. The van der Waals surface area contributed by atoms with Gasteiger partial charge in [-0.3, -0.25) is 0 Å². The number of rotatable bonds is 6. The van der Waals surface area contributed by atoms with Gasteiger partial charge in [0.2, 0.25) is 0 Å². The molecule has 5 nitrogen and oxygen atoms in total. The summed E-state index contributed by atoms with van der Waals surface area (Å²) in [5, 5.41) is 12.6. The van der Waals surface area contributed by atoms with Gasteiger partial charge in [0.1, 0.15) is 5.82 Å². The Balaban J connectivity index is 2.06. The topological polar surface area (TPSA) is 71.5 Å². The number of benzene rings is 1. The van der Waals surface area contributed by atoms with Gasteiger partial charge in [0.05, 0.1) is 25.3 Å². The number of aromatic nitrogens is 1. The lowest BCUT2D eigenvalue weighted by Gasteiger charge is -2.17. The fraction of sp³-hybridized carbons (Fsp3) is 0.250. The van der Waals surface area contributed by atoms with Crippen molar-refractivity contribution >= 4 is 11.8 Å². The molecular weight excluding hydrogens is 268 g/mol. The van der Waals surface area contributed by atoms with Crippen molar-refractivity contribution in [3.63, 3.8) is 0 Å². The number of hydrogen-bond acceptors (Lipinski definition) is 5. The van der Waals surface area contributed by atoms with Crippen LogP contribution < -0.4 is 5.32 Å². The van der Waals surface area contributed by atoms with Crippen molar-refractivity contribution in [3.8, 4) is 0 Å². The predicted molar refractivity (Wildman–Crippen MR) is 80.2 cm³/mol. The molecule has 0 saturated carbocycles. The quantitative estimate of drug-likeness (QED) is 0.793. The van der Waals surface area contributed by atoms with Gasteiger partial charge in [-0.1, -0.05) is 30.3 Å². The summed E-state index contributed by atoms with van der Waals surface area (Å²) >= 11 is 0. The van der Waals surface area contributed by atoms with E-state index in [0.717, 1.165) is 5.56 Å². The first-order valence-corrected chi connectivity index (χ1v) is 6.68. The molecule has 2 rings (SSSR count). The van der Waals surface area contributed by atoms with Gasteiger partial charge < -0.3 is 15.2 Å². The van der Waals surface area contributed by atoms with E-state index in [1.54, 1.807) is 12.1 Å². The molecule has 0 bridgehead atoms. The van der Waals surface area contributed by atoms with Gasteiger partial charge in [0.15, 0.2) is 0 Å². The lowest BCUT2D eigenvalue weighted by molar-refractivity contribution is 0.0600. The summed E-state index contributed by atoms with van der Waals surface area (Å²) in [4.78, 5) is 15.6. The maximum atomic E-state index is 11.5. The first-order valence-electron chi connectivity index (χ1n) is 6.68. The van der Waals surface area contributed by atoms with Crippen LogP contribution in [0, 0.1) is 0 Å². The van der Waals surface area contributed by atoms with E-state index in [-0.39, 0.29) is 12.6 Å². The lowest BCUT2D eigenvalue weighted by Crippen LogP contribution is -2.27. The Morgan fingerprint density at radius 1 is 1.33 bits per heavy atom. The van der Waals surface area contributed by atoms with E-state index in [1.807, 2.05) is 30.3 Å². The molecule has 0 aliphatic carbocycles. The number of nitrogens with one attached hydrogen (secondary N) is 1. The van der Waals surface area contributed by atoms with E-state index in [1.165, 1.54) is 13.3 Å². The van der Waals surface area contributed by atoms with Crippen LogP contribution in [0.15, 0.2) is 48.7 Å². The number of esters is 1. The summed E-state index contributed by atoms with van der Waals surface area (Å²) in [7, 11) is 1.34. The van der Waals surface area contributed by atoms with Crippen molar-refractivity contribution in [2.75, 3.05) is 19.0 Å². The number of carbonyl (C=O) groups is 1. The monoisotopic (exact) mass is 286 g/mol. The maximum Gasteiger partial charge on any atom is 0.338 e. The van der Waals surface area contributed by atoms with E-state index in [9.17, 15) is 9.90 Å². The Labute approximate surface area is 123 Å². The van der Waals surface area contributed by atoms with Crippen LogP contribution in [0.1, 0.15) is 15.9 Å². The van der Waals surface area contributed by atoms with Crippen LogP contribution >= 0.6 is 0 Å². The van der Waals surface area contributed by atoms with Crippen molar-refractivity contribution in [3.05, 3.63) is 59.8 Å². The molecule has 1 unspecified atom stereocenters. The average molecular weight is 286 g/mol. The Hall–Kier alpha value is -2.40. The summed E-state index contributed by atoms with van der Waals surface area (Å²) < 4.78 is 4.67. The van der Waals surface area contributed by atoms with Crippen molar-refractivity contribution in [1.82, 2.24) is 4.98 Å². The number of aliphatic hydroxyl groups is 1. The third-order valence-corrected chi connectivity index (χ3v) is 3.08. The zero-order valence-corrected chi connectivity index (χ0v) is 11.8. The molecule has 0 spiro atoms. The van der Waals surface area contributed by atoms with E-state index in [2.05, 4.69) is 15.0 Å². The molecule has 0 amide bonds. The number of aliphatic hydroxyl groups excluding tert-OH is 1. The highest BCUT2D eigenvalue weighted by molar-refractivity contribution is 5.89. The van der Waals surface area contributed by atoms with Gasteiger partial charge in [-0.15, -0.1) is 0 Å². The van der Waals surface area contributed by atoms with Gasteiger partial charge in [0, 0.05) is 6.20 Å². The van der Waals surface area contributed by atoms with E-state index in [4.69, 9.17) is 0 Å². The van der Waals surface area contributed by atoms with E-state index >= 15 is 0 Å². The first kappa shape index (κ1) is 15.0. The zero-order chi connectivity index (χ0) is 15.1. The van der Waals surface area contributed by atoms with Crippen LogP contribution in [0.4, 0.5) is 5.82 Å². The molecule has 1 aromatic carbocycles. The molecule has 1 heterocycles. The van der Waals surface area contributed by atoms with Crippen molar-refractivity contribution in [2.45, 2.75) is 12.5 Å². The number of methoxy groups -OCH3 is 1. The normalized spacial score (nSPS) is 11.7. The molecule has 0 aliphatic heterocycles. The number of pyridine rings is 1. The number of ether oxygens (including phenoxy) is 1. The number of anilines is 1. The minimum Gasteiger partial charge on any atom is -0.465 e. The highest BCUT2D eigenvalue weighted by Gasteiger charge is 2.11. The van der Waals surface area contributed by atoms with Crippen molar-refractivity contribution in [1.29, 1.82) is 0 Å². The van der Waals surface area contributed by atoms with E-state index in [0.29, 0.717) is 17.8 Å². The molecule has 0 saturated heterocycles. The Bertz CT molecular complexity index is 587. The molecule has 110 valence electrons. The molecule has 0 aliphatic rings. The summed E-state index contributed by atoms with van der Waals surface area (Å²) in [6, 6.07) is 12.9. The summed E-state index contributed by atoms with van der Waals surface area (Å²) in [6.45, 7) is -0.0287. The second-order valence-corrected chi connectivity index (χ2v) is 4.63. The van der Waals surface area contributed by atoms with Crippen LogP contribution in [0.5, 0.6) is 0 Å². The lowest BCUT2D eigenvalue weighted by atomic mass is 10.1. The van der Waals surface area contributed by atoms with Crippen molar-refractivity contribution < 1.29 is 14.6 Å². The van der Waals surface area contributed by atoms with Crippen LogP contribution in [0.2, 0.25) is 0 Å². The van der Waals surface area contributed by atoms with Crippen LogP contribution in [-0.2, 0) is 11.2 Å². The van der Waals surface area contributed by atoms with Crippen LogP contribution in [-0.4, -0.2) is 35.8 Å². The number of nitrogens with zero attached hydrogens (tertiary/aromatic N) is 1. The molecule has 0 fully saturated rings. The second-order valence-electron chi connectivity index (χ2n) is 4.63. The molecule has 1 atom stereocenters. The highest BCUT2D eigenvalue weighted by atomic mass is 16.5. The van der Waals surface area contributed by atoms with E-state index < -0.39 is 5.97 Å². The largest absolute Gasteiger partial charge is 0.465 e. The van der Waals surface area contributed by atoms with Gasteiger partial charge in [0.25, 0.3) is 0 Å². The maximum absolute atomic E-state index is 11.5. The Morgan fingerprint density at radius 2 is 2.10 bits per heavy atom.